The minimum Gasteiger partial charge on any atom is -0.319 e. The van der Waals surface area contributed by atoms with E-state index in [4.69, 9.17) is 0 Å². The molecule has 0 bridgehead atoms. The molecule has 7 nitrogen and oxygen atoms in total. The third-order valence-corrected chi connectivity index (χ3v) is 6.48. The van der Waals surface area contributed by atoms with Gasteiger partial charge in [-0.15, -0.1) is 11.3 Å². The highest BCUT2D eigenvalue weighted by molar-refractivity contribution is 7.14. The second-order valence-corrected chi connectivity index (χ2v) is 10.1. The molecule has 1 aliphatic heterocycles. The molecule has 2 aromatic carbocycles. The molecule has 1 aliphatic rings. The summed E-state index contributed by atoms with van der Waals surface area (Å²) in [5, 5.41) is 7.67. The van der Waals surface area contributed by atoms with Gasteiger partial charge < -0.3 is 10.6 Å². The third-order valence-electron chi connectivity index (χ3n) is 5.73. The molecule has 1 aromatic heterocycles. The lowest BCUT2D eigenvalue weighted by Gasteiger charge is -2.21. The molecule has 0 aliphatic carbocycles. The normalized spacial score (nSPS) is 18.4. The number of hydrogen-bond donors (Lipinski definition) is 2. The van der Waals surface area contributed by atoms with Crippen LogP contribution in [-0.2, 0) is 20.5 Å². The summed E-state index contributed by atoms with van der Waals surface area (Å²) in [5.41, 5.74) is 2.45. The maximum Gasteiger partial charge on any atom is 0.325 e. The maximum absolute atomic E-state index is 13.0. The summed E-state index contributed by atoms with van der Waals surface area (Å²) in [6.07, 6.45) is 0. The lowest BCUT2D eigenvalue weighted by Crippen LogP contribution is -2.42. The number of nitrogens with zero attached hydrogens (tertiary/aromatic N) is 2. The second-order valence-electron chi connectivity index (χ2n) is 9.23. The monoisotopic (exact) mass is 462 g/mol. The van der Waals surface area contributed by atoms with Gasteiger partial charge in [0, 0.05) is 10.9 Å². The summed E-state index contributed by atoms with van der Waals surface area (Å²) in [5.74, 6) is -0.951. The third kappa shape index (κ3) is 4.52. The van der Waals surface area contributed by atoms with Crippen LogP contribution < -0.4 is 10.6 Å². The molecule has 1 fully saturated rings. The van der Waals surface area contributed by atoms with Gasteiger partial charge in [0.1, 0.15) is 12.1 Å². The SMILES string of the molecule is CC(C)(C)c1ccc(-c2csc(NC(=O)CN3C(=O)NC(C)(c4ccccc4)C3=O)n2)cc1. The Kier molecular flexibility index (Phi) is 5.80. The first kappa shape index (κ1) is 22.7. The number of thiazole rings is 1. The smallest absolute Gasteiger partial charge is 0.319 e. The van der Waals surface area contributed by atoms with E-state index in [1.54, 1.807) is 31.2 Å². The molecular weight excluding hydrogens is 436 g/mol. The number of amides is 4. The van der Waals surface area contributed by atoms with Crippen LogP contribution in [0.1, 0.15) is 38.8 Å². The first-order chi connectivity index (χ1) is 15.6. The number of benzene rings is 2. The number of hydrogen-bond acceptors (Lipinski definition) is 5. The zero-order chi connectivity index (χ0) is 23.8. The molecular formula is C25H26N4O3S. The number of carbonyl (C=O) groups is 3. The number of anilines is 1. The van der Waals surface area contributed by atoms with E-state index in [2.05, 4.69) is 48.5 Å². The highest BCUT2D eigenvalue weighted by Crippen LogP contribution is 2.30. The molecule has 8 heteroatoms. The van der Waals surface area contributed by atoms with Crippen LogP contribution in [0.4, 0.5) is 9.93 Å². The van der Waals surface area contributed by atoms with Crippen molar-refractivity contribution in [2.45, 2.75) is 38.6 Å². The van der Waals surface area contributed by atoms with Crippen molar-refractivity contribution >= 4 is 34.3 Å². The Hall–Kier alpha value is -3.52. The molecule has 2 N–H and O–H groups in total. The lowest BCUT2D eigenvalue weighted by atomic mass is 9.86. The van der Waals surface area contributed by atoms with E-state index in [1.165, 1.54) is 16.9 Å². The van der Waals surface area contributed by atoms with Crippen molar-refractivity contribution in [1.29, 1.82) is 0 Å². The topological polar surface area (TPSA) is 91.4 Å². The van der Waals surface area contributed by atoms with Crippen LogP contribution >= 0.6 is 11.3 Å². The van der Waals surface area contributed by atoms with E-state index in [1.807, 2.05) is 23.6 Å². The van der Waals surface area contributed by atoms with E-state index in [9.17, 15) is 14.4 Å². The van der Waals surface area contributed by atoms with Gasteiger partial charge in [0.05, 0.1) is 5.69 Å². The average Bonchev–Trinajstić information content (AvgIpc) is 3.33. The van der Waals surface area contributed by atoms with Crippen LogP contribution in [0.25, 0.3) is 11.3 Å². The number of nitrogens with one attached hydrogen (secondary N) is 2. The van der Waals surface area contributed by atoms with Crippen molar-refractivity contribution in [1.82, 2.24) is 15.2 Å². The van der Waals surface area contributed by atoms with E-state index in [0.29, 0.717) is 10.7 Å². The van der Waals surface area contributed by atoms with Crippen LogP contribution in [0.5, 0.6) is 0 Å². The van der Waals surface area contributed by atoms with Gasteiger partial charge in [0.2, 0.25) is 5.91 Å². The Morgan fingerprint density at radius 3 is 2.39 bits per heavy atom. The van der Waals surface area contributed by atoms with Crippen LogP contribution in [-0.4, -0.2) is 34.3 Å². The molecule has 1 saturated heterocycles. The molecule has 4 rings (SSSR count). The standard InChI is InChI=1S/C25H26N4O3S/c1-24(2,3)17-12-10-16(11-13-17)19-15-33-22(26-19)27-20(30)14-29-21(31)25(4,28-23(29)32)18-8-6-5-7-9-18/h5-13,15H,14H2,1-4H3,(H,28,32)(H,26,27,30). The van der Waals surface area contributed by atoms with Gasteiger partial charge in [-0.05, 0) is 23.5 Å². The number of aromatic nitrogens is 1. The quantitative estimate of drug-likeness (QED) is 0.546. The van der Waals surface area contributed by atoms with Crippen molar-refractivity contribution in [3.63, 3.8) is 0 Å². The molecule has 0 saturated carbocycles. The first-order valence-electron chi connectivity index (χ1n) is 10.6. The zero-order valence-electron chi connectivity index (χ0n) is 19.0. The van der Waals surface area contributed by atoms with E-state index < -0.39 is 23.4 Å². The van der Waals surface area contributed by atoms with Crippen LogP contribution in [0.3, 0.4) is 0 Å². The second kappa shape index (κ2) is 8.44. The fourth-order valence-electron chi connectivity index (χ4n) is 3.71. The molecule has 0 spiro atoms. The van der Waals surface area contributed by atoms with E-state index >= 15 is 0 Å². The minimum absolute atomic E-state index is 0.0651. The summed E-state index contributed by atoms with van der Waals surface area (Å²) in [4.78, 5) is 43.4. The van der Waals surface area contributed by atoms with Gasteiger partial charge in [-0.2, -0.15) is 0 Å². The summed E-state index contributed by atoms with van der Waals surface area (Å²) in [6.45, 7) is 7.73. The van der Waals surface area contributed by atoms with Crippen molar-refractivity contribution in [2.75, 3.05) is 11.9 Å². The van der Waals surface area contributed by atoms with Crippen LogP contribution in [0, 0.1) is 0 Å². The van der Waals surface area contributed by atoms with E-state index in [-0.39, 0.29) is 12.0 Å². The Morgan fingerprint density at radius 1 is 1.09 bits per heavy atom. The van der Waals surface area contributed by atoms with Crippen molar-refractivity contribution < 1.29 is 14.4 Å². The molecule has 1 unspecified atom stereocenters. The average molecular weight is 463 g/mol. The van der Waals surface area contributed by atoms with Crippen molar-refractivity contribution in [2.24, 2.45) is 0 Å². The molecule has 33 heavy (non-hydrogen) atoms. The zero-order valence-corrected chi connectivity index (χ0v) is 19.8. The highest BCUT2D eigenvalue weighted by Gasteiger charge is 2.49. The molecule has 4 amide bonds. The largest absolute Gasteiger partial charge is 0.325 e. The van der Waals surface area contributed by atoms with Gasteiger partial charge in [-0.25, -0.2) is 9.78 Å². The fourth-order valence-corrected chi connectivity index (χ4v) is 4.45. The predicted octanol–water partition coefficient (Wildman–Crippen LogP) is 4.51. The Balaban J connectivity index is 1.42. The summed E-state index contributed by atoms with van der Waals surface area (Å²) < 4.78 is 0. The molecule has 1 atom stereocenters. The Bertz CT molecular complexity index is 1200. The Labute approximate surface area is 196 Å². The fraction of sp³-hybridized carbons (Fsp3) is 0.280. The molecule has 170 valence electrons. The minimum atomic E-state index is -1.20. The molecule has 3 aromatic rings. The van der Waals surface area contributed by atoms with Gasteiger partial charge in [0.25, 0.3) is 5.91 Å². The van der Waals surface area contributed by atoms with Crippen molar-refractivity contribution in [3.8, 4) is 11.3 Å². The number of rotatable bonds is 5. The molecule has 0 radical (unpaired) electrons. The van der Waals surface area contributed by atoms with E-state index in [0.717, 1.165) is 16.2 Å². The van der Waals surface area contributed by atoms with Crippen molar-refractivity contribution in [3.05, 3.63) is 71.1 Å². The number of urea groups is 1. The predicted molar refractivity (Wildman–Crippen MR) is 129 cm³/mol. The van der Waals surface area contributed by atoms with Gasteiger partial charge in [-0.1, -0.05) is 75.4 Å². The Morgan fingerprint density at radius 2 is 1.76 bits per heavy atom. The van der Waals surface area contributed by atoms with Crippen LogP contribution in [0.15, 0.2) is 60.0 Å². The number of imide groups is 1. The van der Waals surface area contributed by atoms with Crippen LogP contribution in [0.2, 0.25) is 0 Å². The summed E-state index contributed by atoms with van der Waals surface area (Å²) >= 11 is 1.29. The number of carbonyl (C=O) groups excluding carboxylic acids is 3. The molecule has 2 heterocycles. The summed E-state index contributed by atoms with van der Waals surface area (Å²) in [7, 11) is 0. The maximum atomic E-state index is 13.0. The first-order valence-corrected chi connectivity index (χ1v) is 11.5. The summed E-state index contributed by atoms with van der Waals surface area (Å²) in [6, 6.07) is 16.6. The van der Waals surface area contributed by atoms with Gasteiger partial charge in [0.15, 0.2) is 5.13 Å². The van der Waals surface area contributed by atoms with Gasteiger partial charge >= 0.3 is 6.03 Å². The van der Waals surface area contributed by atoms with Gasteiger partial charge in [-0.3, -0.25) is 14.5 Å². The highest BCUT2D eigenvalue weighted by atomic mass is 32.1. The lowest BCUT2D eigenvalue weighted by molar-refractivity contribution is -0.133.